The van der Waals surface area contributed by atoms with Gasteiger partial charge in [0, 0.05) is 30.6 Å². The van der Waals surface area contributed by atoms with E-state index in [1.165, 1.54) is 6.42 Å². The number of hydrogen-bond donors (Lipinski definition) is 1. The normalized spacial score (nSPS) is 19.9. The molecule has 1 N–H and O–H groups in total. The third-order valence-electron chi connectivity index (χ3n) is 4.02. The summed E-state index contributed by atoms with van der Waals surface area (Å²) < 4.78 is 0. The summed E-state index contributed by atoms with van der Waals surface area (Å²) in [5.41, 5.74) is 0.628. The summed E-state index contributed by atoms with van der Waals surface area (Å²) in [6.45, 7) is 4.83. The van der Waals surface area contributed by atoms with E-state index in [1.807, 2.05) is 30.0 Å². The largest absolute Gasteiger partial charge is 0.349 e. The van der Waals surface area contributed by atoms with Crippen LogP contribution in [-0.4, -0.2) is 35.3 Å². The first-order valence-electron chi connectivity index (χ1n) is 7.73. The molecule has 1 saturated heterocycles. The van der Waals surface area contributed by atoms with Crippen LogP contribution >= 0.6 is 0 Å². The van der Waals surface area contributed by atoms with E-state index in [0.29, 0.717) is 18.0 Å². The standard InChI is InChI=1S/C17H24N2O2/c1-13(18-17(21)15-9-4-3-5-10-15)12-16(20)19-11-7-6-8-14(19)2/h3-5,9-10,13-14H,6-8,11-12H2,1-2H3,(H,18,21). The van der Waals surface area contributed by atoms with Gasteiger partial charge in [-0.15, -0.1) is 0 Å². The van der Waals surface area contributed by atoms with Crippen molar-refractivity contribution >= 4 is 11.8 Å². The fourth-order valence-electron chi connectivity index (χ4n) is 2.80. The van der Waals surface area contributed by atoms with E-state index in [9.17, 15) is 9.59 Å². The molecular weight excluding hydrogens is 264 g/mol. The molecule has 0 bridgehead atoms. The second-order valence-corrected chi connectivity index (χ2v) is 5.88. The number of carbonyl (C=O) groups is 2. The highest BCUT2D eigenvalue weighted by atomic mass is 16.2. The van der Waals surface area contributed by atoms with Crippen molar-refractivity contribution in [3.8, 4) is 0 Å². The van der Waals surface area contributed by atoms with Gasteiger partial charge in [-0.3, -0.25) is 9.59 Å². The molecule has 21 heavy (non-hydrogen) atoms. The summed E-state index contributed by atoms with van der Waals surface area (Å²) in [6, 6.07) is 9.26. The number of likely N-dealkylation sites (tertiary alicyclic amines) is 1. The highest BCUT2D eigenvalue weighted by molar-refractivity contribution is 5.94. The Kier molecular flexibility index (Phi) is 5.37. The lowest BCUT2D eigenvalue weighted by atomic mass is 10.0. The molecule has 0 spiro atoms. The molecule has 4 heteroatoms. The van der Waals surface area contributed by atoms with Crippen molar-refractivity contribution in [3.63, 3.8) is 0 Å². The Bertz CT molecular complexity index is 487. The zero-order valence-electron chi connectivity index (χ0n) is 12.8. The molecule has 2 unspecified atom stereocenters. The smallest absolute Gasteiger partial charge is 0.251 e. The van der Waals surface area contributed by atoms with Gasteiger partial charge in [0.2, 0.25) is 5.91 Å². The van der Waals surface area contributed by atoms with E-state index in [4.69, 9.17) is 0 Å². The number of carbonyl (C=O) groups excluding carboxylic acids is 2. The Balaban J connectivity index is 1.85. The zero-order valence-corrected chi connectivity index (χ0v) is 12.8. The fourth-order valence-corrected chi connectivity index (χ4v) is 2.80. The summed E-state index contributed by atoms with van der Waals surface area (Å²) >= 11 is 0. The summed E-state index contributed by atoms with van der Waals surface area (Å²) in [6.07, 6.45) is 3.73. The average molecular weight is 288 g/mol. The average Bonchev–Trinajstić information content (AvgIpc) is 2.48. The number of hydrogen-bond acceptors (Lipinski definition) is 2. The lowest BCUT2D eigenvalue weighted by Crippen LogP contribution is -2.45. The molecule has 1 aliphatic heterocycles. The maximum atomic E-state index is 12.3. The summed E-state index contributed by atoms with van der Waals surface area (Å²) in [5.74, 6) is 0.0191. The van der Waals surface area contributed by atoms with Crippen molar-refractivity contribution in [1.82, 2.24) is 10.2 Å². The molecule has 0 aliphatic carbocycles. The minimum absolute atomic E-state index is 0.123. The van der Waals surface area contributed by atoms with E-state index >= 15 is 0 Å². The lowest BCUT2D eigenvalue weighted by molar-refractivity contribution is -0.134. The van der Waals surface area contributed by atoms with Crippen LogP contribution in [0.1, 0.15) is 49.9 Å². The first-order chi connectivity index (χ1) is 10.1. The third kappa shape index (κ3) is 4.31. The number of rotatable bonds is 4. The highest BCUT2D eigenvalue weighted by Gasteiger charge is 2.24. The topological polar surface area (TPSA) is 49.4 Å². The Morgan fingerprint density at radius 3 is 2.67 bits per heavy atom. The highest BCUT2D eigenvalue weighted by Crippen LogP contribution is 2.17. The molecule has 0 saturated carbocycles. The molecule has 2 amide bonds. The minimum atomic E-state index is -0.153. The van der Waals surface area contributed by atoms with Gasteiger partial charge in [0.25, 0.3) is 5.91 Å². The molecule has 4 nitrogen and oxygen atoms in total. The van der Waals surface area contributed by atoms with Gasteiger partial charge in [-0.1, -0.05) is 18.2 Å². The number of piperidine rings is 1. The van der Waals surface area contributed by atoms with Crippen LogP contribution in [-0.2, 0) is 4.79 Å². The molecule has 2 rings (SSSR count). The van der Waals surface area contributed by atoms with Crippen molar-refractivity contribution < 1.29 is 9.59 Å². The van der Waals surface area contributed by atoms with Crippen LogP contribution in [0.5, 0.6) is 0 Å². The molecule has 1 fully saturated rings. The van der Waals surface area contributed by atoms with Gasteiger partial charge in [-0.25, -0.2) is 0 Å². The maximum absolute atomic E-state index is 12.3. The zero-order chi connectivity index (χ0) is 15.2. The van der Waals surface area contributed by atoms with Gasteiger partial charge in [0.1, 0.15) is 0 Å². The molecule has 0 radical (unpaired) electrons. The van der Waals surface area contributed by atoms with Crippen molar-refractivity contribution in [2.75, 3.05) is 6.54 Å². The quantitative estimate of drug-likeness (QED) is 0.926. The number of amides is 2. The van der Waals surface area contributed by atoms with E-state index in [1.54, 1.807) is 12.1 Å². The van der Waals surface area contributed by atoms with Crippen molar-refractivity contribution in [2.45, 2.75) is 51.6 Å². The van der Waals surface area contributed by atoms with Crippen molar-refractivity contribution in [3.05, 3.63) is 35.9 Å². The van der Waals surface area contributed by atoms with Crippen LogP contribution in [0, 0.1) is 0 Å². The number of nitrogens with one attached hydrogen (secondary N) is 1. The summed E-state index contributed by atoms with van der Waals surface area (Å²) in [4.78, 5) is 26.3. The van der Waals surface area contributed by atoms with Gasteiger partial charge in [-0.05, 0) is 45.2 Å². The fraction of sp³-hybridized carbons (Fsp3) is 0.529. The molecule has 1 aliphatic rings. The Morgan fingerprint density at radius 2 is 2.00 bits per heavy atom. The Hall–Kier alpha value is -1.84. The second-order valence-electron chi connectivity index (χ2n) is 5.88. The molecule has 1 aromatic rings. The number of nitrogens with zero attached hydrogens (tertiary/aromatic N) is 1. The van der Waals surface area contributed by atoms with Gasteiger partial charge in [0.15, 0.2) is 0 Å². The SMILES string of the molecule is CC(CC(=O)N1CCCCC1C)NC(=O)c1ccccc1. The van der Waals surface area contributed by atoms with Crippen LogP contribution in [0.4, 0.5) is 0 Å². The van der Waals surface area contributed by atoms with Crippen LogP contribution in [0.2, 0.25) is 0 Å². The molecular formula is C17H24N2O2. The number of benzene rings is 1. The van der Waals surface area contributed by atoms with Gasteiger partial charge in [0.05, 0.1) is 0 Å². The third-order valence-corrected chi connectivity index (χ3v) is 4.02. The minimum Gasteiger partial charge on any atom is -0.349 e. The predicted octanol–water partition coefficient (Wildman–Crippen LogP) is 2.60. The van der Waals surface area contributed by atoms with Gasteiger partial charge < -0.3 is 10.2 Å². The van der Waals surface area contributed by atoms with E-state index in [0.717, 1.165) is 19.4 Å². The van der Waals surface area contributed by atoms with Gasteiger partial charge in [-0.2, -0.15) is 0 Å². The molecule has 2 atom stereocenters. The Morgan fingerprint density at radius 1 is 1.29 bits per heavy atom. The van der Waals surface area contributed by atoms with Crippen molar-refractivity contribution in [1.29, 1.82) is 0 Å². The van der Waals surface area contributed by atoms with Crippen LogP contribution in [0.3, 0.4) is 0 Å². The first-order valence-corrected chi connectivity index (χ1v) is 7.73. The molecule has 114 valence electrons. The van der Waals surface area contributed by atoms with Gasteiger partial charge >= 0.3 is 0 Å². The van der Waals surface area contributed by atoms with E-state index < -0.39 is 0 Å². The Labute approximate surface area is 126 Å². The summed E-state index contributed by atoms with van der Waals surface area (Å²) in [7, 11) is 0. The van der Waals surface area contributed by atoms with Crippen LogP contribution in [0.25, 0.3) is 0 Å². The summed E-state index contributed by atoms with van der Waals surface area (Å²) in [5, 5.41) is 2.89. The molecule has 1 aromatic carbocycles. The lowest BCUT2D eigenvalue weighted by Gasteiger charge is -2.34. The van der Waals surface area contributed by atoms with E-state index in [-0.39, 0.29) is 17.9 Å². The maximum Gasteiger partial charge on any atom is 0.251 e. The first kappa shape index (κ1) is 15.5. The van der Waals surface area contributed by atoms with Crippen molar-refractivity contribution in [2.24, 2.45) is 0 Å². The molecule has 0 aromatic heterocycles. The molecule has 1 heterocycles. The monoisotopic (exact) mass is 288 g/mol. The second kappa shape index (κ2) is 7.25. The predicted molar refractivity (Wildman–Crippen MR) is 83.0 cm³/mol. The van der Waals surface area contributed by atoms with Crippen LogP contribution in [0.15, 0.2) is 30.3 Å². The van der Waals surface area contributed by atoms with E-state index in [2.05, 4.69) is 12.2 Å². The van der Waals surface area contributed by atoms with Crippen LogP contribution < -0.4 is 5.32 Å².